The molecule has 2 N–H and O–H groups in total. The number of rotatable bonds is 13. The van der Waals surface area contributed by atoms with Gasteiger partial charge in [0.25, 0.3) is 21.6 Å². The fourth-order valence-corrected chi connectivity index (χ4v) is 9.72. The molecule has 0 unspecified atom stereocenters. The summed E-state index contributed by atoms with van der Waals surface area (Å²) in [7, 11) is -4.57. The highest BCUT2D eigenvalue weighted by molar-refractivity contribution is 7.90. The number of benzene rings is 3. The number of sulfonamides is 1. The fourth-order valence-electron chi connectivity index (χ4n) is 8.54. The molecule has 1 aromatic heterocycles. The number of fused-ring (bicyclic) bond motifs is 2. The first kappa shape index (κ1) is 43.1. The van der Waals surface area contributed by atoms with Gasteiger partial charge in [0.2, 0.25) is 5.91 Å². The Morgan fingerprint density at radius 1 is 1.02 bits per heavy atom. The lowest BCUT2D eigenvalue weighted by Gasteiger charge is -2.43. The third-order valence-corrected chi connectivity index (χ3v) is 13.6. The van der Waals surface area contributed by atoms with Gasteiger partial charge in [-0.05, 0) is 84.3 Å². The summed E-state index contributed by atoms with van der Waals surface area (Å²) in [6.45, 7) is 9.57. The first-order chi connectivity index (χ1) is 29.8. The largest absolute Gasteiger partial charge is 0.455 e. The van der Waals surface area contributed by atoms with Crippen LogP contribution in [0.3, 0.4) is 0 Å². The lowest BCUT2D eigenvalue weighted by molar-refractivity contribution is -0.384. The smallest absolute Gasteiger partial charge is 0.293 e. The molecule has 2 amide bonds. The van der Waals surface area contributed by atoms with Gasteiger partial charge in [-0.2, -0.15) is 0 Å². The molecule has 8 rings (SSSR count). The topological polar surface area (TPSA) is 177 Å². The van der Waals surface area contributed by atoms with E-state index in [1.807, 2.05) is 55.2 Å². The van der Waals surface area contributed by atoms with Crippen molar-refractivity contribution >= 4 is 56.6 Å². The standard InChI is InChI=1S/C45H50ClN7O8S/c1-29(2)45(55)52-27-32-6-7-34(46)20-33(32)21-36(52)28-50-14-16-51(17-15-50)35-8-10-39(43(23-35)61-37-22-31-4-3-5-40(31)48-26-37)44(54)49-62(58,59)38-9-11-41(42(24-38)53(56)57)47-25-30-12-18-60-19-13-30/h3-4,6-11,20,22-24,26,29-30,36,47H,5,12-19,21,25,27-28H2,1-2H3,(H,49,54)/t36-/m0/s1. The second kappa shape index (κ2) is 18.4. The van der Waals surface area contributed by atoms with Gasteiger partial charge in [0.05, 0.1) is 27.3 Å². The van der Waals surface area contributed by atoms with Crippen LogP contribution in [-0.4, -0.2) is 98.5 Å². The zero-order chi connectivity index (χ0) is 43.5. The van der Waals surface area contributed by atoms with E-state index in [0.29, 0.717) is 63.1 Å². The number of nitro groups is 1. The highest BCUT2D eigenvalue weighted by Gasteiger charge is 2.34. The highest BCUT2D eigenvalue weighted by atomic mass is 35.5. The number of carbonyl (C=O) groups excluding carboxylic acids is 2. The first-order valence-corrected chi connectivity index (χ1v) is 22.9. The number of nitrogens with one attached hydrogen (secondary N) is 2. The summed E-state index contributed by atoms with van der Waals surface area (Å²) in [5, 5.41) is 15.9. The van der Waals surface area contributed by atoms with Crippen LogP contribution in [0.25, 0.3) is 6.08 Å². The van der Waals surface area contributed by atoms with Gasteiger partial charge in [-0.25, -0.2) is 13.1 Å². The van der Waals surface area contributed by atoms with Gasteiger partial charge in [-0.1, -0.05) is 43.7 Å². The third-order valence-electron chi connectivity index (χ3n) is 12.0. The molecule has 3 aliphatic heterocycles. The summed E-state index contributed by atoms with van der Waals surface area (Å²) < 4.78 is 41.2. The molecule has 0 saturated carbocycles. The Balaban J connectivity index is 0.991. The number of allylic oxidation sites excluding steroid dienone is 1. The Hall–Kier alpha value is -5.55. The van der Waals surface area contributed by atoms with Crippen molar-refractivity contribution in [3.05, 3.63) is 116 Å². The Labute approximate surface area is 366 Å². The number of carbonyl (C=O) groups is 2. The van der Waals surface area contributed by atoms with Crippen LogP contribution < -0.4 is 19.7 Å². The second-order valence-electron chi connectivity index (χ2n) is 16.6. The van der Waals surface area contributed by atoms with E-state index in [-0.39, 0.29) is 40.8 Å². The molecule has 4 heterocycles. The SMILES string of the molecule is CC(C)C(=O)N1Cc2ccc(Cl)cc2C[C@H]1CN1CCN(c2ccc(C(=O)NS(=O)(=O)c3ccc(NCC4CCOCC4)c([N+](=O)[O-])c3)c(Oc3cnc4c(c3)C=CC4)c2)CC1. The molecule has 2 fully saturated rings. The minimum atomic E-state index is -4.57. The van der Waals surface area contributed by atoms with E-state index in [2.05, 4.69) is 24.8 Å². The Morgan fingerprint density at radius 2 is 1.81 bits per heavy atom. The number of anilines is 2. The first-order valence-electron chi connectivity index (χ1n) is 21.0. The van der Waals surface area contributed by atoms with Crippen LogP contribution in [0.1, 0.15) is 59.4 Å². The number of piperazine rings is 1. The Morgan fingerprint density at radius 3 is 2.56 bits per heavy atom. The number of pyridine rings is 1. The van der Waals surface area contributed by atoms with E-state index >= 15 is 0 Å². The molecule has 4 aliphatic rings. The molecule has 3 aromatic carbocycles. The normalized spacial score (nSPS) is 18.0. The van der Waals surface area contributed by atoms with Gasteiger partial charge < -0.3 is 24.6 Å². The van der Waals surface area contributed by atoms with Crippen LogP contribution in [0, 0.1) is 22.0 Å². The lowest BCUT2D eigenvalue weighted by atomic mass is 9.92. The van der Waals surface area contributed by atoms with Gasteiger partial charge in [0.1, 0.15) is 17.2 Å². The molecule has 0 radical (unpaired) electrons. The van der Waals surface area contributed by atoms with Crippen LogP contribution >= 0.6 is 11.6 Å². The van der Waals surface area contributed by atoms with Crippen LogP contribution in [0.15, 0.2) is 77.8 Å². The molecule has 0 spiro atoms. The molecule has 2 saturated heterocycles. The maximum Gasteiger partial charge on any atom is 0.293 e. The van der Waals surface area contributed by atoms with Gasteiger partial charge in [-0.15, -0.1) is 0 Å². The molecular weight excluding hydrogens is 834 g/mol. The van der Waals surface area contributed by atoms with E-state index in [0.717, 1.165) is 60.9 Å². The fraction of sp³-hybridized carbons (Fsp3) is 0.400. The van der Waals surface area contributed by atoms with Crippen molar-refractivity contribution < 1.29 is 32.4 Å². The van der Waals surface area contributed by atoms with E-state index in [4.69, 9.17) is 21.1 Å². The van der Waals surface area contributed by atoms with E-state index in [9.17, 15) is 28.1 Å². The number of aromatic nitrogens is 1. The van der Waals surface area contributed by atoms with Gasteiger partial charge >= 0.3 is 0 Å². The maximum absolute atomic E-state index is 13.9. The summed E-state index contributed by atoms with van der Waals surface area (Å²) >= 11 is 6.36. The highest BCUT2D eigenvalue weighted by Crippen LogP contribution is 2.34. The minimum absolute atomic E-state index is 0.00447. The molecule has 4 aromatic rings. The number of ether oxygens (including phenoxy) is 2. The summed E-state index contributed by atoms with van der Waals surface area (Å²) in [5.74, 6) is -0.224. The number of halogens is 1. The molecule has 1 atom stereocenters. The Kier molecular flexibility index (Phi) is 12.8. The molecule has 0 bridgehead atoms. The molecule has 326 valence electrons. The summed E-state index contributed by atoms with van der Waals surface area (Å²) in [6.07, 6.45) is 8.55. The van der Waals surface area contributed by atoms with Crippen molar-refractivity contribution in [3.8, 4) is 11.5 Å². The second-order valence-corrected chi connectivity index (χ2v) is 18.7. The zero-order valence-corrected chi connectivity index (χ0v) is 36.3. The number of nitrogens with zero attached hydrogens (tertiary/aromatic N) is 5. The number of hydrogen-bond acceptors (Lipinski definition) is 12. The molecule has 62 heavy (non-hydrogen) atoms. The van der Waals surface area contributed by atoms with Crippen molar-refractivity contribution in [2.45, 2.75) is 57.0 Å². The lowest BCUT2D eigenvalue weighted by Crippen LogP contribution is -2.55. The van der Waals surface area contributed by atoms with Gasteiger partial charge in [-0.3, -0.25) is 29.6 Å². The number of nitro benzene ring substituents is 1. The quantitative estimate of drug-likeness (QED) is 0.108. The predicted octanol–water partition coefficient (Wildman–Crippen LogP) is 6.69. The Bertz CT molecular complexity index is 2500. The molecule has 1 aliphatic carbocycles. The third kappa shape index (κ3) is 9.73. The zero-order valence-electron chi connectivity index (χ0n) is 34.7. The maximum atomic E-state index is 13.9. The van der Waals surface area contributed by atoms with Crippen molar-refractivity contribution in [2.24, 2.45) is 11.8 Å². The van der Waals surface area contributed by atoms with Crippen LogP contribution in [0.2, 0.25) is 5.02 Å². The molecule has 17 heteroatoms. The van der Waals surface area contributed by atoms with Gasteiger partial charge in [0.15, 0.2) is 0 Å². The van der Waals surface area contributed by atoms with Crippen molar-refractivity contribution in [2.75, 3.05) is 62.7 Å². The summed E-state index contributed by atoms with van der Waals surface area (Å²) in [5.41, 5.74) is 4.55. The van der Waals surface area contributed by atoms with E-state index in [1.54, 1.807) is 18.3 Å². The minimum Gasteiger partial charge on any atom is -0.455 e. The predicted molar refractivity (Wildman–Crippen MR) is 236 cm³/mol. The van der Waals surface area contributed by atoms with Crippen molar-refractivity contribution in [1.82, 2.24) is 19.5 Å². The average molecular weight is 884 g/mol. The molecular formula is C45H50ClN7O8S. The average Bonchev–Trinajstić information content (AvgIpc) is 3.73. The van der Waals surface area contributed by atoms with Crippen molar-refractivity contribution in [3.63, 3.8) is 0 Å². The molecule has 15 nitrogen and oxygen atoms in total. The summed E-state index contributed by atoms with van der Waals surface area (Å²) in [6, 6.07) is 16.2. The summed E-state index contributed by atoms with van der Waals surface area (Å²) in [4.78, 5) is 49.4. The van der Waals surface area contributed by atoms with Crippen LogP contribution in [0.4, 0.5) is 17.1 Å². The monoisotopic (exact) mass is 883 g/mol. The van der Waals surface area contributed by atoms with E-state index in [1.165, 1.54) is 23.8 Å². The number of amides is 2. The van der Waals surface area contributed by atoms with Crippen molar-refractivity contribution in [1.29, 1.82) is 0 Å². The van der Waals surface area contributed by atoms with Crippen LogP contribution in [0.5, 0.6) is 11.5 Å². The van der Waals surface area contributed by atoms with Crippen LogP contribution in [-0.2, 0) is 38.9 Å². The van der Waals surface area contributed by atoms with Gasteiger partial charge in [0, 0.05) is 100 Å². The number of hydrogen-bond donors (Lipinski definition) is 2. The van der Waals surface area contributed by atoms with E-state index < -0.39 is 31.4 Å².